The number of nitrogens with zero attached hydrogens (tertiary/aromatic N) is 2. The van der Waals surface area contributed by atoms with Gasteiger partial charge in [0.1, 0.15) is 22.8 Å². The van der Waals surface area contributed by atoms with E-state index in [-0.39, 0.29) is 23.6 Å². The van der Waals surface area contributed by atoms with Gasteiger partial charge in [-0.1, -0.05) is 42.5 Å². The highest BCUT2D eigenvalue weighted by Crippen LogP contribution is 2.26. The summed E-state index contributed by atoms with van der Waals surface area (Å²) in [5, 5.41) is 13.8. The van der Waals surface area contributed by atoms with Gasteiger partial charge in [0.15, 0.2) is 0 Å². The van der Waals surface area contributed by atoms with Gasteiger partial charge in [0, 0.05) is 6.20 Å². The summed E-state index contributed by atoms with van der Waals surface area (Å²) in [7, 11) is 0. The Kier molecular flexibility index (Phi) is 5.49. The molecule has 2 aromatic heterocycles. The third kappa shape index (κ3) is 4.02. The van der Waals surface area contributed by atoms with Gasteiger partial charge in [-0.15, -0.1) is 0 Å². The number of fused-ring (bicyclic) bond motifs is 1. The molecule has 0 aliphatic carbocycles. The second-order valence-corrected chi connectivity index (χ2v) is 7.22. The highest BCUT2D eigenvalue weighted by molar-refractivity contribution is 6.01. The van der Waals surface area contributed by atoms with Crippen LogP contribution in [-0.4, -0.2) is 20.6 Å². The molecule has 156 valence electrons. The number of aromatic nitrogens is 2. The molecule has 0 fully saturated rings. The standard InChI is InChI=1S/C24H20FN3O3/c1-15(17-9-11-18(25)12-10-17)27-23(30)20-21(29)19-8-5-13-26-22(19)28(24(20)31)14-16-6-3-2-4-7-16/h2-13,15,29H,14H2,1H3,(H,27,30)/t15-/m0/s1. The van der Waals surface area contributed by atoms with Gasteiger partial charge in [-0.3, -0.25) is 14.2 Å². The minimum atomic E-state index is -0.716. The first-order valence-corrected chi connectivity index (χ1v) is 9.76. The summed E-state index contributed by atoms with van der Waals surface area (Å²) in [6.45, 7) is 1.91. The summed E-state index contributed by atoms with van der Waals surface area (Å²) >= 11 is 0. The molecule has 0 saturated carbocycles. The molecule has 31 heavy (non-hydrogen) atoms. The van der Waals surface area contributed by atoms with Crippen molar-refractivity contribution < 1.29 is 14.3 Å². The zero-order valence-corrected chi connectivity index (χ0v) is 16.7. The van der Waals surface area contributed by atoms with Gasteiger partial charge in [0.2, 0.25) is 0 Å². The molecule has 1 amide bonds. The Labute approximate surface area is 177 Å². The number of hydrogen-bond donors (Lipinski definition) is 2. The molecule has 0 bridgehead atoms. The van der Waals surface area contributed by atoms with E-state index in [1.54, 1.807) is 31.2 Å². The van der Waals surface area contributed by atoms with E-state index in [9.17, 15) is 19.1 Å². The van der Waals surface area contributed by atoms with Crippen molar-refractivity contribution in [1.29, 1.82) is 0 Å². The third-order valence-electron chi connectivity index (χ3n) is 5.12. The van der Waals surface area contributed by atoms with Crippen molar-refractivity contribution in [3.05, 3.63) is 106 Å². The van der Waals surface area contributed by atoms with Crippen LogP contribution in [-0.2, 0) is 6.54 Å². The van der Waals surface area contributed by atoms with Crippen molar-refractivity contribution in [3.8, 4) is 5.75 Å². The van der Waals surface area contributed by atoms with Gasteiger partial charge in [-0.25, -0.2) is 9.37 Å². The fourth-order valence-electron chi connectivity index (χ4n) is 3.48. The van der Waals surface area contributed by atoms with E-state index >= 15 is 0 Å². The zero-order chi connectivity index (χ0) is 22.0. The van der Waals surface area contributed by atoms with Crippen LogP contribution in [0.1, 0.15) is 34.5 Å². The third-order valence-corrected chi connectivity index (χ3v) is 5.12. The number of pyridine rings is 2. The van der Waals surface area contributed by atoms with Crippen molar-refractivity contribution in [1.82, 2.24) is 14.9 Å². The highest BCUT2D eigenvalue weighted by Gasteiger charge is 2.24. The number of rotatable bonds is 5. The van der Waals surface area contributed by atoms with E-state index < -0.39 is 23.3 Å². The summed E-state index contributed by atoms with van der Waals surface area (Å²) in [6.07, 6.45) is 1.53. The number of amides is 1. The average Bonchev–Trinajstić information content (AvgIpc) is 2.78. The first-order chi connectivity index (χ1) is 15.0. The van der Waals surface area contributed by atoms with Crippen molar-refractivity contribution in [2.45, 2.75) is 19.5 Å². The van der Waals surface area contributed by atoms with Gasteiger partial charge >= 0.3 is 0 Å². The second kappa shape index (κ2) is 8.39. The number of carbonyl (C=O) groups is 1. The van der Waals surface area contributed by atoms with Crippen LogP contribution in [0.4, 0.5) is 4.39 Å². The van der Waals surface area contributed by atoms with Crippen LogP contribution in [0.25, 0.3) is 11.0 Å². The lowest BCUT2D eigenvalue weighted by Crippen LogP contribution is -2.35. The lowest BCUT2D eigenvalue weighted by atomic mass is 10.1. The van der Waals surface area contributed by atoms with E-state index in [2.05, 4.69) is 10.3 Å². The Balaban J connectivity index is 1.77. The Morgan fingerprint density at radius 1 is 1.10 bits per heavy atom. The largest absolute Gasteiger partial charge is 0.506 e. The molecule has 0 aliphatic heterocycles. The molecule has 2 heterocycles. The van der Waals surface area contributed by atoms with Crippen LogP contribution < -0.4 is 10.9 Å². The topological polar surface area (TPSA) is 84.2 Å². The fourth-order valence-corrected chi connectivity index (χ4v) is 3.48. The maximum atomic E-state index is 13.3. The fraction of sp³-hybridized carbons (Fsp3) is 0.125. The first kappa shape index (κ1) is 20.3. The monoisotopic (exact) mass is 417 g/mol. The van der Waals surface area contributed by atoms with E-state index in [0.717, 1.165) is 5.56 Å². The van der Waals surface area contributed by atoms with E-state index in [4.69, 9.17) is 0 Å². The Morgan fingerprint density at radius 2 is 1.81 bits per heavy atom. The van der Waals surface area contributed by atoms with Gasteiger partial charge in [0.25, 0.3) is 11.5 Å². The first-order valence-electron chi connectivity index (χ1n) is 9.76. The molecule has 0 unspecified atom stereocenters. The summed E-state index contributed by atoms with van der Waals surface area (Å²) in [5.74, 6) is -1.51. The molecule has 6 nitrogen and oxygen atoms in total. The van der Waals surface area contributed by atoms with Crippen LogP contribution in [0.3, 0.4) is 0 Å². The highest BCUT2D eigenvalue weighted by atomic mass is 19.1. The minimum Gasteiger partial charge on any atom is -0.506 e. The number of hydrogen-bond acceptors (Lipinski definition) is 4. The number of aromatic hydroxyl groups is 1. The van der Waals surface area contributed by atoms with Crippen molar-refractivity contribution in [2.24, 2.45) is 0 Å². The molecule has 4 rings (SSSR count). The Hall–Kier alpha value is -4.00. The molecule has 1 atom stereocenters. The van der Waals surface area contributed by atoms with E-state index in [1.165, 1.54) is 22.9 Å². The van der Waals surface area contributed by atoms with Crippen LogP contribution in [0.2, 0.25) is 0 Å². The molecule has 0 saturated heterocycles. The lowest BCUT2D eigenvalue weighted by molar-refractivity contribution is 0.0935. The van der Waals surface area contributed by atoms with Crippen LogP contribution in [0.5, 0.6) is 5.75 Å². The van der Waals surface area contributed by atoms with E-state index in [1.807, 2.05) is 30.3 Å². The summed E-state index contributed by atoms with van der Waals surface area (Å²) < 4.78 is 14.6. The normalized spacial score (nSPS) is 11.9. The quantitative estimate of drug-likeness (QED) is 0.518. The molecule has 0 aliphatic rings. The molecule has 4 aromatic rings. The van der Waals surface area contributed by atoms with Crippen LogP contribution in [0, 0.1) is 5.82 Å². The lowest BCUT2D eigenvalue weighted by Gasteiger charge is -2.17. The van der Waals surface area contributed by atoms with Crippen molar-refractivity contribution in [3.63, 3.8) is 0 Å². The Morgan fingerprint density at radius 3 is 2.52 bits per heavy atom. The number of carbonyl (C=O) groups excluding carboxylic acids is 1. The molecule has 7 heteroatoms. The number of halogens is 1. The van der Waals surface area contributed by atoms with Crippen LogP contribution >= 0.6 is 0 Å². The summed E-state index contributed by atoms with van der Waals surface area (Å²) in [5.41, 5.74) is 0.813. The molecular formula is C24H20FN3O3. The van der Waals surface area contributed by atoms with Crippen molar-refractivity contribution >= 4 is 16.9 Å². The van der Waals surface area contributed by atoms with Gasteiger partial charge in [-0.2, -0.15) is 0 Å². The number of benzene rings is 2. The number of nitrogens with one attached hydrogen (secondary N) is 1. The molecule has 2 N–H and O–H groups in total. The van der Waals surface area contributed by atoms with E-state index in [0.29, 0.717) is 10.9 Å². The second-order valence-electron chi connectivity index (χ2n) is 7.22. The van der Waals surface area contributed by atoms with Crippen molar-refractivity contribution in [2.75, 3.05) is 0 Å². The van der Waals surface area contributed by atoms with Gasteiger partial charge in [0.05, 0.1) is 18.0 Å². The minimum absolute atomic E-state index is 0.196. The SMILES string of the molecule is C[C@H](NC(=O)c1c(O)c2cccnc2n(Cc2ccccc2)c1=O)c1ccc(F)cc1. The predicted octanol–water partition coefficient (Wildman–Crippen LogP) is 3.78. The van der Waals surface area contributed by atoms with Gasteiger partial charge in [-0.05, 0) is 42.3 Å². The van der Waals surface area contributed by atoms with Crippen LogP contribution in [0.15, 0.2) is 77.7 Å². The molecular weight excluding hydrogens is 397 g/mol. The summed E-state index contributed by atoms with van der Waals surface area (Å²) in [6, 6.07) is 17.7. The smallest absolute Gasteiger partial charge is 0.269 e. The maximum Gasteiger partial charge on any atom is 0.269 e. The average molecular weight is 417 g/mol. The molecule has 0 spiro atoms. The summed E-state index contributed by atoms with van der Waals surface area (Å²) in [4.78, 5) is 30.5. The molecule has 2 aromatic carbocycles. The maximum absolute atomic E-state index is 13.3. The predicted molar refractivity (Wildman–Crippen MR) is 115 cm³/mol. The zero-order valence-electron chi connectivity index (χ0n) is 16.7. The molecule has 0 radical (unpaired) electrons. The Bertz CT molecular complexity index is 1300. The van der Waals surface area contributed by atoms with Gasteiger partial charge < -0.3 is 10.4 Å².